The van der Waals surface area contributed by atoms with Gasteiger partial charge in [-0.3, -0.25) is 9.59 Å². The fraction of sp³-hybridized carbons (Fsp3) is 0.292. The Labute approximate surface area is 196 Å². The number of alkyl halides is 3. The second kappa shape index (κ2) is 9.47. The normalized spacial score (nSPS) is 14.5. The van der Waals surface area contributed by atoms with E-state index < -0.39 is 40.9 Å². The van der Waals surface area contributed by atoms with Crippen molar-refractivity contribution in [3.05, 3.63) is 92.7 Å². The van der Waals surface area contributed by atoms with Crippen LogP contribution in [0.25, 0.3) is 0 Å². The summed E-state index contributed by atoms with van der Waals surface area (Å²) in [5.74, 6) is -2.70. The minimum absolute atomic E-state index is 0.0213. The van der Waals surface area contributed by atoms with Crippen molar-refractivity contribution in [3.8, 4) is 5.75 Å². The van der Waals surface area contributed by atoms with Crippen LogP contribution >= 0.6 is 0 Å². The van der Waals surface area contributed by atoms with E-state index in [-0.39, 0.29) is 35.2 Å². The zero-order valence-corrected chi connectivity index (χ0v) is 18.4. The highest BCUT2D eigenvalue weighted by Crippen LogP contribution is 2.42. The van der Waals surface area contributed by atoms with Crippen molar-refractivity contribution < 1.29 is 31.5 Å². The van der Waals surface area contributed by atoms with Crippen LogP contribution in [0.4, 0.5) is 22.0 Å². The van der Waals surface area contributed by atoms with Gasteiger partial charge in [0, 0.05) is 12.5 Å². The number of amides is 1. The molecule has 184 valence electrons. The Kier molecular flexibility index (Phi) is 6.60. The first kappa shape index (κ1) is 24.4. The van der Waals surface area contributed by atoms with E-state index in [2.05, 4.69) is 15.3 Å². The van der Waals surface area contributed by atoms with E-state index in [0.717, 1.165) is 18.2 Å². The Bertz CT molecular complexity index is 1320. The molecular formula is C24H20F5N3O3. The maximum Gasteiger partial charge on any atom is 0.419 e. The number of aromatic nitrogens is 2. The number of hydrogen-bond donors (Lipinski definition) is 2. The van der Waals surface area contributed by atoms with Crippen LogP contribution in [0.3, 0.4) is 0 Å². The lowest BCUT2D eigenvalue weighted by atomic mass is 10.00. The third kappa shape index (κ3) is 5.67. The standard InChI is InChI=1S/C24H20F5N3O3/c1-35-19-7-2-12(8-17(19)26)9-20-30-18(11-21(33)31-20)23(34)32-22(13-3-4-13)14-5-6-15(16(25)10-14)24(27,28)29/h2,5-8,10-11,13,22H,3-4,9H2,1H3,(H,32,34)(H,30,31,33)/t22-/m1/s1. The summed E-state index contributed by atoms with van der Waals surface area (Å²) in [4.78, 5) is 31.7. The molecule has 1 heterocycles. The van der Waals surface area contributed by atoms with E-state index in [4.69, 9.17) is 4.74 Å². The average molecular weight is 493 g/mol. The van der Waals surface area contributed by atoms with Gasteiger partial charge in [0.25, 0.3) is 11.5 Å². The molecule has 0 spiro atoms. The van der Waals surface area contributed by atoms with Crippen molar-refractivity contribution in [2.75, 3.05) is 7.11 Å². The molecule has 6 nitrogen and oxygen atoms in total. The number of aromatic amines is 1. The molecule has 11 heteroatoms. The first-order chi connectivity index (χ1) is 16.5. The molecule has 4 rings (SSSR count). The summed E-state index contributed by atoms with van der Waals surface area (Å²) < 4.78 is 71.7. The zero-order chi connectivity index (χ0) is 25.3. The van der Waals surface area contributed by atoms with Crippen molar-refractivity contribution in [2.45, 2.75) is 31.5 Å². The number of H-pyrrole nitrogens is 1. The van der Waals surface area contributed by atoms with Crippen molar-refractivity contribution in [1.29, 1.82) is 0 Å². The third-order valence-corrected chi connectivity index (χ3v) is 5.65. The number of carbonyl (C=O) groups excluding carboxylic acids is 1. The van der Waals surface area contributed by atoms with Crippen LogP contribution in [0.15, 0.2) is 47.3 Å². The number of halogens is 5. The van der Waals surface area contributed by atoms with Crippen LogP contribution < -0.4 is 15.6 Å². The Morgan fingerprint density at radius 2 is 1.89 bits per heavy atom. The van der Waals surface area contributed by atoms with Gasteiger partial charge in [0.2, 0.25) is 0 Å². The van der Waals surface area contributed by atoms with E-state index in [0.29, 0.717) is 24.5 Å². The van der Waals surface area contributed by atoms with Gasteiger partial charge in [-0.15, -0.1) is 0 Å². The molecule has 0 saturated heterocycles. The van der Waals surface area contributed by atoms with E-state index in [9.17, 15) is 31.5 Å². The van der Waals surface area contributed by atoms with Crippen molar-refractivity contribution in [3.63, 3.8) is 0 Å². The highest BCUT2D eigenvalue weighted by molar-refractivity contribution is 5.92. The lowest BCUT2D eigenvalue weighted by Crippen LogP contribution is -2.32. The van der Waals surface area contributed by atoms with Crippen molar-refractivity contribution in [2.24, 2.45) is 5.92 Å². The molecule has 35 heavy (non-hydrogen) atoms. The van der Waals surface area contributed by atoms with Gasteiger partial charge < -0.3 is 15.0 Å². The summed E-state index contributed by atoms with van der Waals surface area (Å²) in [6, 6.07) is 6.98. The molecule has 1 aliphatic carbocycles. The molecule has 1 amide bonds. The predicted octanol–water partition coefficient (Wildman–Crippen LogP) is 4.55. The quantitative estimate of drug-likeness (QED) is 0.473. The van der Waals surface area contributed by atoms with Crippen LogP contribution in [0.5, 0.6) is 5.75 Å². The van der Waals surface area contributed by atoms with E-state index in [1.54, 1.807) is 6.07 Å². The van der Waals surface area contributed by atoms with Gasteiger partial charge in [0.05, 0.1) is 18.7 Å². The number of carbonyl (C=O) groups is 1. The van der Waals surface area contributed by atoms with E-state index in [1.165, 1.54) is 19.2 Å². The number of methoxy groups -OCH3 is 1. The van der Waals surface area contributed by atoms with E-state index >= 15 is 0 Å². The van der Waals surface area contributed by atoms with Gasteiger partial charge >= 0.3 is 6.18 Å². The van der Waals surface area contributed by atoms with Crippen molar-refractivity contribution in [1.82, 2.24) is 15.3 Å². The minimum atomic E-state index is -4.83. The molecule has 0 radical (unpaired) electrons. The van der Waals surface area contributed by atoms with Gasteiger partial charge in [0.1, 0.15) is 17.3 Å². The smallest absolute Gasteiger partial charge is 0.419 e. The third-order valence-electron chi connectivity index (χ3n) is 5.65. The molecule has 1 saturated carbocycles. The summed E-state index contributed by atoms with van der Waals surface area (Å²) in [5, 5.41) is 2.66. The second-order valence-corrected chi connectivity index (χ2v) is 8.25. The summed E-state index contributed by atoms with van der Waals surface area (Å²) in [6.45, 7) is 0. The van der Waals surface area contributed by atoms with Crippen LogP contribution in [-0.4, -0.2) is 23.0 Å². The fourth-order valence-corrected chi connectivity index (χ4v) is 3.79. The maximum absolute atomic E-state index is 14.1. The van der Waals surface area contributed by atoms with E-state index in [1.807, 2.05) is 0 Å². The van der Waals surface area contributed by atoms with Gasteiger partial charge in [-0.25, -0.2) is 13.8 Å². The molecule has 3 aromatic rings. The Morgan fingerprint density at radius 3 is 2.49 bits per heavy atom. The maximum atomic E-state index is 14.1. The largest absolute Gasteiger partial charge is 0.494 e. The van der Waals surface area contributed by atoms with Gasteiger partial charge in [-0.2, -0.15) is 13.2 Å². The molecule has 0 aliphatic heterocycles. The van der Waals surface area contributed by atoms with Crippen LogP contribution in [0, 0.1) is 17.6 Å². The summed E-state index contributed by atoms with van der Waals surface area (Å²) in [7, 11) is 1.33. The van der Waals surface area contributed by atoms with Crippen LogP contribution in [0.1, 0.15) is 51.9 Å². The summed E-state index contributed by atoms with van der Waals surface area (Å²) in [5.41, 5.74) is -1.57. The minimum Gasteiger partial charge on any atom is -0.494 e. The molecule has 1 aromatic heterocycles. The average Bonchev–Trinajstić information content (AvgIpc) is 3.61. The molecule has 2 aromatic carbocycles. The lowest BCUT2D eigenvalue weighted by molar-refractivity contribution is -0.140. The molecule has 1 aliphatic rings. The van der Waals surface area contributed by atoms with Gasteiger partial charge in [0.15, 0.2) is 11.6 Å². The number of nitrogens with one attached hydrogen (secondary N) is 2. The Hall–Kier alpha value is -3.76. The molecule has 2 N–H and O–H groups in total. The topological polar surface area (TPSA) is 84.1 Å². The number of nitrogens with zero attached hydrogens (tertiary/aromatic N) is 1. The summed E-state index contributed by atoms with van der Waals surface area (Å²) in [6.07, 6.45) is -3.41. The first-order valence-electron chi connectivity index (χ1n) is 10.7. The Balaban J connectivity index is 1.56. The lowest BCUT2D eigenvalue weighted by Gasteiger charge is -2.20. The molecular weight excluding hydrogens is 473 g/mol. The first-order valence-corrected chi connectivity index (χ1v) is 10.7. The molecule has 1 atom stereocenters. The Morgan fingerprint density at radius 1 is 1.14 bits per heavy atom. The fourth-order valence-electron chi connectivity index (χ4n) is 3.79. The van der Waals surface area contributed by atoms with Crippen LogP contribution in [-0.2, 0) is 12.6 Å². The predicted molar refractivity (Wildman–Crippen MR) is 115 cm³/mol. The van der Waals surface area contributed by atoms with Crippen molar-refractivity contribution >= 4 is 5.91 Å². The monoisotopic (exact) mass is 493 g/mol. The second-order valence-electron chi connectivity index (χ2n) is 8.25. The molecule has 0 bridgehead atoms. The summed E-state index contributed by atoms with van der Waals surface area (Å²) >= 11 is 0. The number of hydrogen-bond acceptors (Lipinski definition) is 4. The zero-order valence-electron chi connectivity index (χ0n) is 18.4. The number of rotatable bonds is 7. The highest BCUT2D eigenvalue weighted by Gasteiger charge is 2.37. The van der Waals surface area contributed by atoms with Crippen LogP contribution in [0.2, 0.25) is 0 Å². The SMILES string of the molecule is COc1ccc(Cc2nc(C(=O)N[C@@H](c3ccc(C(F)(F)F)c(F)c3)C3CC3)cc(=O)[nH]2)cc1F. The number of ether oxygens (including phenoxy) is 1. The van der Waals surface area contributed by atoms with Gasteiger partial charge in [-0.1, -0.05) is 12.1 Å². The molecule has 0 unspecified atom stereocenters. The van der Waals surface area contributed by atoms with Gasteiger partial charge in [-0.05, 0) is 54.2 Å². The number of benzene rings is 2. The molecule has 1 fully saturated rings. The highest BCUT2D eigenvalue weighted by atomic mass is 19.4.